The van der Waals surface area contributed by atoms with Crippen molar-refractivity contribution in [2.45, 2.75) is 6.92 Å². The Kier molecular flexibility index (Phi) is 4.51. The smallest absolute Gasteiger partial charge is 0.292 e. The van der Waals surface area contributed by atoms with Gasteiger partial charge in [-0.3, -0.25) is 14.0 Å². The molecule has 146 valence electrons. The summed E-state index contributed by atoms with van der Waals surface area (Å²) in [6.45, 7) is 1.67. The van der Waals surface area contributed by atoms with Gasteiger partial charge in [-0.1, -0.05) is 11.2 Å². The van der Waals surface area contributed by atoms with Crippen molar-refractivity contribution in [2.24, 2.45) is 0 Å². The van der Waals surface area contributed by atoms with E-state index in [0.29, 0.717) is 17.3 Å². The summed E-state index contributed by atoms with van der Waals surface area (Å²) in [5.41, 5.74) is 0.110. The molecule has 0 atom stereocenters. The van der Waals surface area contributed by atoms with Crippen LogP contribution in [0.4, 0.5) is 20.3 Å². The van der Waals surface area contributed by atoms with Crippen molar-refractivity contribution in [3.8, 4) is 0 Å². The minimum Gasteiger partial charge on any atom is -0.360 e. The van der Waals surface area contributed by atoms with E-state index in [-0.39, 0.29) is 23.0 Å². The third kappa shape index (κ3) is 3.55. The molecule has 0 saturated carbocycles. The maximum atomic E-state index is 13.9. The third-order valence-corrected chi connectivity index (χ3v) is 4.02. The van der Waals surface area contributed by atoms with Gasteiger partial charge in [0.1, 0.15) is 17.4 Å². The Morgan fingerprint density at radius 3 is 2.62 bits per heavy atom. The van der Waals surface area contributed by atoms with Gasteiger partial charge in [-0.15, -0.1) is 0 Å². The molecule has 0 aliphatic heterocycles. The molecule has 8 nitrogen and oxygen atoms in total. The Balaban J connectivity index is 1.68. The minimum atomic E-state index is -0.932. The molecule has 1 aromatic carbocycles. The molecule has 0 radical (unpaired) electrons. The molecular weight excluding hydrogens is 384 g/mol. The number of amides is 2. The standard InChI is InChI=1S/C19H13F2N5O3/c1-10-8-15(25-29-10)23-18(27)16-14-4-2-3-7-26(14)17(24-16)19(28)22-13-6-5-11(20)9-12(13)21/h2-9H,1H3,(H,22,28)(H,23,25,27). The summed E-state index contributed by atoms with van der Waals surface area (Å²) < 4.78 is 33.2. The number of nitrogens with zero attached hydrogens (tertiary/aromatic N) is 3. The number of carbonyl (C=O) groups excluding carboxylic acids is 2. The highest BCUT2D eigenvalue weighted by Crippen LogP contribution is 2.19. The number of rotatable bonds is 4. The monoisotopic (exact) mass is 397 g/mol. The molecule has 2 amide bonds. The summed E-state index contributed by atoms with van der Waals surface area (Å²) in [6, 6.07) is 9.21. The van der Waals surface area contributed by atoms with Gasteiger partial charge in [-0.05, 0) is 31.2 Å². The molecule has 10 heteroatoms. The fraction of sp³-hybridized carbons (Fsp3) is 0.0526. The van der Waals surface area contributed by atoms with E-state index in [4.69, 9.17) is 4.52 Å². The third-order valence-electron chi connectivity index (χ3n) is 4.02. The number of fused-ring (bicyclic) bond motifs is 1. The lowest BCUT2D eigenvalue weighted by atomic mass is 10.3. The van der Waals surface area contributed by atoms with E-state index in [1.807, 2.05) is 0 Å². The van der Waals surface area contributed by atoms with Gasteiger partial charge >= 0.3 is 0 Å². The quantitative estimate of drug-likeness (QED) is 0.550. The van der Waals surface area contributed by atoms with Crippen LogP contribution in [0.15, 0.2) is 53.2 Å². The minimum absolute atomic E-state index is 0.0315. The number of carbonyl (C=O) groups is 2. The molecule has 3 heterocycles. The van der Waals surface area contributed by atoms with Gasteiger partial charge in [0.05, 0.1) is 11.2 Å². The normalized spacial score (nSPS) is 10.9. The van der Waals surface area contributed by atoms with E-state index < -0.39 is 23.4 Å². The highest BCUT2D eigenvalue weighted by atomic mass is 19.1. The lowest BCUT2D eigenvalue weighted by molar-refractivity contribution is 0.101. The first-order chi connectivity index (χ1) is 13.9. The maximum absolute atomic E-state index is 13.9. The topological polar surface area (TPSA) is 102 Å². The Morgan fingerprint density at radius 1 is 1.07 bits per heavy atom. The summed E-state index contributed by atoms with van der Waals surface area (Å²) in [4.78, 5) is 29.4. The molecule has 3 aromatic heterocycles. The second-order valence-electron chi connectivity index (χ2n) is 6.10. The zero-order valence-electron chi connectivity index (χ0n) is 14.9. The van der Waals surface area contributed by atoms with Crippen LogP contribution < -0.4 is 10.6 Å². The van der Waals surface area contributed by atoms with Gasteiger partial charge < -0.3 is 15.2 Å². The lowest BCUT2D eigenvalue weighted by Crippen LogP contribution is -2.17. The number of benzene rings is 1. The van der Waals surface area contributed by atoms with Crippen LogP contribution >= 0.6 is 0 Å². The van der Waals surface area contributed by atoms with Crippen LogP contribution in [0.3, 0.4) is 0 Å². The number of hydrogen-bond donors (Lipinski definition) is 2. The molecule has 0 aliphatic rings. The molecular formula is C19H13F2N5O3. The van der Waals surface area contributed by atoms with Crippen molar-refractivity contribution in [3.05, 3.63) is 77.6 Å². The molecule has 0 unspecified atom stereocenters. The molecule has 0 spiro atoms. The predicted molar refractivity (Wildman–Crippen MR) is 98.7 cm³/mol. The Hall–Kier alpha value is -4.08. The molecule has 0 fully saturated rings. The van der Waals surface area contributed by atoms with Crippen molar-refractivity contribution in [3.63, 3.8) is 0 Å². The molecule has 0 aliphatic carbocycles. The SMILES string of the molecule is Cc1cc(NC(=O)c2nc(C(=O)Nc3ccc(F)cc3F)n3ccccc23)no1. The number of imidazole rings is 1. The lowest BCUT2D eigenvalue weighted by Gasteiger charge is -2.05. The zero-order valence-corrected chi connectivity index (χ0v) is 14.9. The van der Waals surface area contributed by atoms with Crippen molar-refractivity contribution >= 4 is 28.8 Å². The van der Waals surface area contributed by atoms with E-state index in [2.05, 4.69) is 20.8 Å². The largest absolute Gasteiger partial charge is 0.360 e. The molecule has 29 heavy (non-hydrogen) atoms. The van der Waals surface area contributed by atoms with Gasteiger partial charge in [-0.2, -0.15) is 0 Å². The number of hydrogen-bond acceptors (Lipinski definition) is 5. The first-order valence-corrected chi connectivity index (χ1v) is 8.40. The van der Waals surface area contributed by atoms with Crippen LogP contribution in [-0.4, -0.2) is 26.4 Å². The molecule has 0 bridgehead atoms. The van der Waals surface area contributed by atoms with E-state index in [1.165, 1.54) is 16.7 Å². The number of anilines is 2. The van der Waals surface area contributed by atoms with Gasteiger partial charge in [0.15, 0.2) is 11.5 Å². The highest BCUT2D eigenvalue weighted by molar-refractivity contribution is 6.10. The zero-order chi connectivity index (χ0) is 20.5. The predicted octanol–water partition coefficient (Wildman–Crippen LogP) is 3.41. The van der Waals surface area contributed by atoms with Crippen LogP contribution in [0.1, 0.15) is 26.9 Å². The van der Waals surface area contributed by atoms with Crippen LogP contribution in [0.2, 0.25) is 0 Å². The summed E-state index contributed by atoms with van der Waals surface area (Å²) in [5, 5.41) is 8.55. The highest BCUT2D eigenvalue weighted by Gasteiger charge is 2.23. The molecule has 4 aromatic rings. The Bertz CT molecular complexity index is 1250. The number of aryl methyl sites for hydroxylation is 1. The molecule has 2 N–H and O–H groups in total. The van der Waals surface area contributed by atoms with E-state index in [0.717, 1.165) is 12.1 Å². The Labute approximate surface area is 162 Å². The fourth-order valence-corrected chi connectivity index (χ4v) is 2.73. The average Bonchev–Trinajstić information content (AvgIpc) is 3.27. The summed E-state index contributed by atoms with van der Waals surface area (Å²) in [6.07, 6.45) is 1.54. The van der Waals surface area contributed by atoms with Crippen molar-refractivity contribution in [2.75, 3.05) is 10.6 Å². The Morgan fingerprint density at radius 2 is 1.90 bits per heavy atom. The van der Waals surface area contributed by atoms with Crippen LogP contribution in [-0.2, 0) is 0 Å². The molecule has 0 saturated heterocycles. The number of aromatic nitrogens is 3. The van der Waals surface area contributed by atoms with Gasteiger partial charge in [0.2, 0.25) is 5.82 Å². The number of nitrogens with one attached hydrogen (secondary N) is 2. The fourth-order valence-electron chi connectivity index (χ4n) is 2.73. The van der Waals surface area contributed by atoms with Crippen molar-refractivity contribution in [1.82, 2.24) is 14.5 Å². The first kappa shape index (κ1) is 18.3. The van der Waals surface area contributed by atoms with Gasteiger partial charge in [0.25, 0.3) is 11.8 Å². The van der Waals surface area contributed by atoms with Crippen LogP contribution in [0, 0.1) is 18.6 Å². The van der Waals surface area contributed by atoms with Crippen LogP contribution in [0.5, 0.6) is 0 Å². The van der Waals surface area contributed by atoms with Gasteiger partial charge in [0, 0.05) is 18.3 Å². The number of pyridine rings is 1. The van der Waals surface area contributed by atoms with E-state index >= 15 is 0 Å². The van der Waals surface area contributed by atoms with Crippen LogP contribution in [0.25, 0.3) is 5.52 Å². The summed E-state index contributed by atoms with van der Waals surface area (Å²) >= 11 is 0. The van der Waals surface area contributed by atoms with Gasteiger partial charge in [-0.25, -0.2) is 13.8 Å². The average molecular weight is 397 g/mol. The summed E-state index contributed by atoms with van der Waals surface area (Å²) in [7, 11) is 0. The number of halogens is 2. The molecule has 4 rings (SSSR count). The maximum Gasteiger partial charge on any atom is 0.292 e. The second kappa shape index (κ2) is 7.15. The van der Waals surface area contributed by atoms with E-state index in [1.54, 1.807) is 25.1 Å². The second-order valence-corrected chi connectivity index (χ2v) is 6.10. The van der Waals surface area contributed by atoms with E-state index in [9.17, 15) is 18.4 Å². The van der Waals surface area contributed by atoms with Crippen molar-refractivity contribution in [1.29, 1.82) is 0 Å². The first-order valence-electron chi connectivity index (χ1n) is 8.40. The van der Waals surface area contributed by atoms with Crippen molar-refractivity contribution < 1.29 is 22.9 Å². The summed E-state index contributed by atoms with van der Waals surface area (Å²) in [5.74, 6) is -2.51.